The number of carbonyl (C=O) groups excluding carboxylic acids is 1. The minimum atomic E-state index is -1.05. The molecule has 5 rings (SSSR count). The zero-order valence-corrected chi connectivity index (χ0v) is 15.6. The highest BCUT2D eigenvalue weighted by atomic mass is 16.6. The zero-order chi connectivity index (χ0) is 20.0. The fourth-order valence-corrected chi connectivity index (χ4v) is 4.35. The van der Waals surface area contributed by atoms with Crippen LogP contribution in [0.3, 0.4) is 0 Å². The molecule has 0 fully saturated rings. The number of aryl methyl sites for hydroxylation is 1. The molecule has 0 bridgehead atoms. The summed E-state index contributed by atoms with van der Waals surface area (Å²) in [6, 6.07) is 16.8. The lowest BCUT2D eigenvalue weighted by molar-refractivity contribution is -0.139. The van der Waals surface area contributed by atoms with Crippen LogP contribution in [0.5, 0.6) is 0 Å². The second-order valence-electron chi connectivity index (χ2n) is 7.23. The molecule has 1 unspecified atom stereocenters. The van der Waals surface area contributed by atoms with E-state index in [1.807, 2.05) is 36.4 Å². The Morgan fingerprint density at radius 1 is 1.03 bits per heavy atom. The lowest BCUT2D eigenvalue weighted by atomic mass is 9.98. The summed E-state index contributed by atoms with van der Waals surface area (Å²) in [6.07, 6.45) is 1.18. The molecule has 29 heavy (non-hydrogen) atoms. The first-order chi connectivity index (χ1) is 14.1. The largest absolute Gasteiger partial charge is 0.480 e. The third-order valence-electron chi connectivity index (χ3n) is 5.68. The number of carbonyl (C=O) groups is 2. The average Bonchev–Trinajstić information content (AvgIpc) is 3.34. The van der Waals surface area contributed by atoms with Gasteiger partial charge in [0, 0.05) is 18.5 Å². The van der Waals surface area contributed by atoms with Gasteiger partial charge >= 0.3 is 12.1 Å². The lowest BCUT2D eigenvalue weighted by Crippen LogP contribution is -2.50. The number of benzene rings is 2. The molecule has 0 radical (unpaired) electrons. The lowest BCUT2D eigenvalue weighted by Gasteiger charge is -2.32. The van der Waals surface area contributed by atoms with Crippen LogP contribution in [0.4, 0.5) is 10.6 Å². The monoisotopic (exact) mass is 389 g/mol. The van der Waals surface area contributed by atoms with E-state index < -0.39 is 18.1 Å². The summed E-state index contributed by atoms with van der Waals surface area (Å²) in [5.74, 6) is -0.684. The van der Waals surface area contributed by atoms with E-state index in [0.29, 0.717) is 12.4 Å². The molecule has 1 amide bonds. The smallest absolute Gasteiger partial charge is 0.416 e. The van der Waals surface area contributed by atoms with Crippen molar-refractivity contribution in [1.82, 2.24) is 9.78 Å². The number of aliphatic carboxylic acids is 1. The number of carboxylic acid groups (broad SMARTS) is 1. The number of carboxylic acids is 1. The van der Waals surface area contributed by atoms with Crippen LogP contribution in [0.15, 0.2) is 60.8 Å². The molecule has 0 spiro atoms. The SMILES string of the molecule is O=C(O)C1CCn2nccc2N1C(=O)OCC1c2ccccc2-c2ccccc21. The molecule has 1 aliphatic carbocycles. The van der Waals surface area contributed by atoms with Crippen molar-refractivity contribution in [1.29, 1.82) is 0 Å². The molecule has 7 nitrogen and oxygen atoms in total. The zero-order valence-electron chi connectivity index (χ0n) is 15.6. The first-order valence-corrected chi connectivity index (χ1v) is 9.54. The molecule has 0 saturated carbocycles. The Morgan fingerprint density at radius 3 is 2.34 bits per heavy atom. The van der Waals surface area contributed by atoms with Crippen LogP contribution in [0.25, 0.3) is 11.1 Å². The Balaban J connectivity index is 1.42. The molecule has 146 valence electrons. The Bertz CT molecular complexity index is 1060. The van der Waals surface area contributed by atoms with Crippen molar-refractivity contribution in [2.75, 3.05) is 11.5 Å². The Labute approximate surface area is 167 Å². The molecule has 1 aromatic heterocycles. The van der Waals surface area contributed by atoms with Gasteiger partial charge in [-0.1, -0.05) is 48.5 Å². The van der Waals surface area contributed by atoms with Gasteiger partial charge in [-0.3, -0.25) is 0 Å². The fraction of sp³-hybridized carbons (Fsp3) is 0.227. The topological polar surface area (TPSA) is 84.7 Å². The molecule has 3 aromatic rings. The number of ether oxygens (including phenoxy) is 1. The molecule has 1 atom stereocenters. The fourth-order valence-electron chi connectivity index (χ4n) is 4.35. The van der Waals surface area contributed by atoms with Crippen LogP contribution < -0.4 is 4.90 Å². The van der Waals surface area contributed by atoms with Gasteiger partial charge in [0.25, 0.3) is 0 Å². The van der Waals surface area contributed by atoms with Crippen LogP contribution in [0.2, 0.25) is 0 Å². The standard InChI is InChI=1S/C22H19N3O4/c26-21(27)19-10-12-24-20(9-11-23-24)25(19)22(28)29-13-18-16-7-3-1-5-14(16)15-6-2-4-8-17(15)18/h1-9,11,18-19H,10,12-13H2,(H,26,27). The average molecular weight is 389 g/mol. The van der Waals surface area contributed by atoms with Crippen LogP contribution in [-0.2, 0) is 16.1 Å². The highest BCUT2D eigenvalue weighted by molar-refractivity contribution is 5.95. The summed E-state index contributed by atoms with van der Waals surface area (Å²) in [5.41, 5.74) is 4.51. The summed E-state index contributed by atoms with van der Waals surface area (Å²) >= 11 is 0. The maximum atomic E-state index is 13.0. The van der Waals surface area contributed by atoms with Crippen molar-refractivity contribution in [2.45, 2.75) is 24.9 Å². The number of nitrogens with zero attached hydrogens (tertiary/aromatic N) is 3. The molecular formula is C22H19N3O4. The molecule has 2 aliphatic rings. The first-order valence-electron chi connectivity index (χ1n) is 9.54. The van der Waals surface area contributed by atoms with Crippen molar-refractivity contribution >= 4 is 17.9 Å². The van der Waals surface area contributed by atoms with Crippen molar-refractivity contribution in [3.8, 4) is 11.1 Å². The van der Waals surface area contributed by atoms with Crippen LogP contribution in [-0.4, -0.2) is 39.6 Å². The maximum Gasteiger partial charge on any atom is 0.416 e. The van der Waals surface area contributed by atoms with Crippen molar-refractivity contribution in [2.24, 2.45) is 0 Å². The summed E-state index contributed by atoms with van der Waals surface area (Å²) < 4.78 is 7.29. The normalized spacial score (nSPS) is 17.4. The van der Waals surface area contributed by atoms with Gasteiger partial charge in [0.2, 0.25) is 0 Å². The minimum absolute atomic E-state index is 0.0793. The number of anilines is 1. The number of hydrogen-bond donors (Lipinski definition) is 1. The van der Waals surface area contributed by atoms with Crippen molar-refractivity contribution in [3.05, 3.63) is 71.9 Å². The molecular weight excluding hydrogens is 370 g/mol. The second-order valence-corrected chi connectivity index (χ2v) is 7.23. The molecule has 7 heteroatoms. The number of hydrogen-bond acceptors (Lipinski definition) is 4. The summed E-state index contributed by atoms with van der Waals surface area (Å²) in [5, 5.41) is 13.7. The third kappa shape index (κ3) is 2.77. The van der Waals surface area contributed by atoms with Crippen molar-refractivity contribution in [3.63, 3.8) is 0 Å². The predicted molar refractivity (Wildman–Crippen MR) is 106 cm³/mol. The highest BCUT2D eigenvalue weighted by Crippen LogP contribution is 2.44. The third-order valence-corrected chi connectivity index (χ3v) is 5.68. The Kier molecular flexibility index (Phi) is 4.08. The van der Waals surface area contributed by atoms with E-state index in [1.165, 1.54) is 4.90 Å². The van der Waals surface area contributed by atoms with E-state index in [1.54, 1.807) is 16.9 Å². The van der Waals surface area contributed by atoms with Gasteiger partial charge in [-0.05, 0) is 28.7 Å². The minimum Gasteiger partial charge on any atom is -0.480 e. The van der Waals surface area contributed by atoms with E-state index in [0.717, 1.165) is 22.3 Å². The number of rotatable bonds is 3. The van der Waals surface area contributed by atoms with Gasteiger partial charge in [-0.15, -0.1) is 0 Å². The van der Waals surface area contributed by atoms with Gasteiger partial charge in [0.1, 0.15) is 18.5 Å². The molecule has 0 saturated heterocycles. The number of amides is 1. The summed E-state index contributed by atoms with van der Waals surface area (Å²) in [6.45, 7) is 0.594. The van der Waals surface area contributed by atoms with Gasteiger partial charge < -0.3 is 9.84 Å². The predicted octanol–water partition coefficient (Wildman–Crippen LogP) is 3.50. The van der Waals surface area contributed by atoms with Crippen LogP contribution >= 0.6 is 0 Å². The number of fused-ring (bicyclic) bond motifs is 4. The summed E-state index contributed by atoms with van der Waals surface area (Å²) in [7, 11) is 0. The molecule has 1 aliphatic heterocycles. The highest BCUT2D eigenvalue weighted by Gasteiger charge is 2.38. The van der Waals surface area contributed by atoms with E-state index in [2.05, 4.69) is 17.2 Å². The first kappa shape index (κ1) is 17.5. The Morgan fingerprint density at radius 2 is 1.69 bits per heavy atom. The second kappa shape index (κ2) is 6.77. The van der Waals surface area contributed by atoms with E-state index in [-0.39, 0.29) is 18.9 Å². The molecule has 2 heterocycles. The van der Waals surface area contributed by atoms with Crippen molar-refractivity contribution < 1.29 is 19.4 Å². The van der Waals surface area contributed by atoms with E-state index in [9.17, 15) is 14.7 Å². The van der Waals surface area contributed by atoms with Gasteiger partial charge in [-0.25, -0.2) is 19.2 Å². The van der Waals surface area contributed by atoms with E-state index in [4.69, 9.17) is 4.74 Å². The number of aromatic nitrogens is 2. The van der Waals surface area contributed by atoms with E-state index >= 15 is 0 Å². The Hall–Kier alpha value is -3.61. The van der Waals surface area contributed by atoms with Gasteiger partial charge in [0.05, 0.1) is 6.20 Å². The molecule has 1 N–H and O–H groups in total. The molecule has 2 aromatic carbocycles. The van der Waals surface area contributed by atoms with Gasteiger partial charge in [0.15, 0.2) is 0 Å². The summed E-state index contributed by atoms with van der Waals surface area (Å²) in [4.78, 5) is 25.9. The van der Waals surface area contributed by atoms with Gasteiger partial charge in [-0.2, -0.15) is 5.10 Å². The quantitative estimate of drug-likeness (QED) is 0.741. The maximum absolute atomic E-state index is 13.0. The van der Waals surface area contributed by atoms with Crippen LogP contribution in [0, 0.1) is 0 Å². The van der Waals surface area contributed by atoms with Crippen LogP contribution in [0.1, 0.15) is 23.5 Å².